The Hall–Kier alpha value is -1.02. The molecule has 76 valence electrons. The van der Waals surface area contributed by atoms with Crippen LogP contribution < -0.4 is 5.73 Å². The van der Waals surface area contributed by atoms with Crippen LogP contribution in [0.5, 0.6) is 0 Å². The van der Waals surface area contributed by atoms with Crippen LogP contribution in [-0.2, 0) is 5.41 Å². The minimum absolute atomic E-state index is 0.0202. The molecule has 3 heteroatoms. The first kappa shape index (κ1) is 11.1. The van der Waals surface area contributed by atoms with Crippen LogP contribution in [0.3, 0.4) is 0 Å². The molecule has 0 amide bonds. The van der Waals surface area contributed by atoms with Gasteiger partial charge in [-0.15, -0.1) is 0 Å². The van der Waals surface area contributed by atoms with Crippen molar-refractivity contribution >= 4 is 17.4 Å². The molecule has 0 spiro atoms. The maximum Gasteiger partial charge on any atom is 0.122 e. The van der Waals surface area contributed by atoms with E-state index in [1.54, 1.807) is 6.07 Å². The first-order valence-corrected chi connectivity index (χ1v) is 4.84. The van der Waals surface area contributed by atoms with Crippen molar-refractivity contribution in [1.29, 1.82) is 5.41 Å². The largest absolute Gasteiger partial charge is 0.384 e. The lowest BCUT2D eigenvalue weighted by Gasteiger charge is -2.20. The van der Waals surface area contributed by atoms with Crippen LogP contribution >= 0.6 is 11.6 Å². The molecular weight excluding hydrogens is 196 g/mol. The molecule has 3 N–H and O–H groups in total. The highest BCUT2D eigenvalue weighted by Gasteiger charge is 2.17. The Morgan fingerprint density at radius 1 is 1.36 bits per heavy atom. The Balaban J connectivity index is 3.21. The fraction of sp³-hybridized carbons (Fsp3) is 0.364. The molecule has 0 radical (unpaired) electrons. The van der Waals surface area contributed by atoms with Crippen LogP contribution in [0.4, 0.5) is 0 Å². The topological polar surface area (TPSA) is 49.9 Å². The van der Waals surface area contributed by atoms with Crippen molar-refractivity contribution < 1.29 is 0 Å². The van der Waals surface area contributed by atoms with Gasteiger partial charge < -0.3 is 5.73 Å². The second-order valence-corrected chi connectivity index (χ2v) is 4.77. The first-order valence-electron chi connectivity index (χ1n) is 4.47. The standard InChI is InChI=1S/C11H15ClN2/c1-11(2,3)8-5-4-7(10(13)14)6-9(8)12/h4-6H,1-3H3,(H3,13,14). The smallest absolute Gasteiger partial charge is 0.122 e. The summed E-state index contributed by atoms with van der Waals surface area (Å²) in [7, 11) is 0. The molecule has 1 aromatic carbocycles. The fourth-order valence-electron chi connectivity index (χ4n) is 1.29. The quantitative estimate of drug-likeness (QED) is 0.544. The third-order valence-corrected chi connectivity index (χ3v) is 2.40. The van der Waals surface area contributed by atoms with Crippen molar-refractivity contribution in [2.75, 3.05) is 0 Å². The second-order valence-electron chi connectivity index (χ2n) is 4.36. The van der Waals surface area contributed by atoms with Gasteiger partial charge in [0.15, 0.2) is 0 Å². The van der Waals surface area contributed by atoms with Crippen molar-refractivity contribution in [1.82, 2.24) is 0 Å². The van der Waals surface area contributed by atoms with E-state index >= 15 is 0 Å². The second kappa shape index (κ2) is 3.62. The monoisotopic (exact) mass is 210 g/mol. The molecule has 1 aromatic rings. The lowest BCUT2D eigenvalue weighted by Crippen LogP contribution is -2.14. The van der Waals surface area contributed by atoms with Crippen LogP contribution in [0, 0.1) is 5.41 Å². The van der Waals surface area contributed by atoms with Gasteiger partial charge in [0.2, 0.25) is 0 Å². The minimum Gasteiger partial charge on any atom is -0.384 e. The van der Waals surface area contributed by atoms with E-state index in [9.17, 15) is 0 Å². The normalized spacial score (nSPS) is 11.4. The molecule has 0 atom stereocenters. The number of halogens is 1. The molecule has 0 fully saturated rings. The number of hydrogen-bond acceptors (Lipinski definition) is 1. The summed E-state index contributed by atoms with van der Waals surface area (Å²) in [5.41, 5.74) is 7.13. The Labute approximate surface area is 89.6 Å². The van der Waals surface area contributed by atoms with Crippen LogP contribution in [0.25, 0.3) is 0 Å². The highest BCUT2D eigenvalue weighted by molar-refractivity contribution is 6.31. The van der Waals surface area contributed by atoms with Gasteiger partial charge in [-0.2, -0.15) is 0 Å². The van der Waals surface area contributed by atoms with Crippen molar-refractivity contribution in [2.24, 2.45) is 5.73 Å². The van der Waals surface area contributed by atoms with Gasteiger partial charge in [-0.25, -0.2) is 0 Å². The molecule has 0 bridgehead atoms. The summed E-state index contributed by atoms with van der Waals surface area (Å²) in [5.74, 6) is 0.0485. The number of benzene rings is 1. The van der Waals surface area contributed by atoms with E-state index in [0.29, 0.717) is 10.6 Å². The van der Waals surface area contributed by atoms with Gasteiger partial charge in [0.05, 0.1) is 0 Å². The Kier molecular flexibility index (Phi) is 2.86. The molecule has 0 aliphatic carbocycles. The predicted octanol–water partition coefficient (Wildman–Crippen LogP) is 2.92. The highest BCUT2D eigenvalue weighted by Crippen LogP contribution is 2.29. The summed E-state index contributed by atoms with van der Waals surface area (Å²) in [6.07, 6.45) is 0. The van der Waals surface area contributed by atoms with E-state index in [2.05, 4.69) is 20.8 Å². The number of nitrogens with one attached hydrogen (secondary N) is 1. The van der Waals surface area contributed by atoms with Crippen molar-refractivity contribution in [3.8, 4) is 0 Å². The van der Waals surface area contributed by atoms with Gasteiger partial charge in [-0.05, 0) is 17.0 Å². The zero-order chi connectivity index (χ0) is 10.9. The lowest BCUT2D eigenvalue weighted by molar-refractivity contribution is 0.590. The summed E-state index contributed by atoms with van der Waals surface area (Å²) in [6.45, 7) is 6.30. The van der Waals surface area contributed by atoms with Gasteiger partial charge in [0.25, 0.3) is 0 Å². The van der Waals surface area contributed by atoms with E-state index < -0.39 is 0 Å². The van der Waals surface area contributed by atoms with E-state index in [0.717, 1.165) is 5.56 Å². The van der Waals surface area contributed by atoms with Gasteiger partial charge in [0, 0.05) is 10.6 Å². The molecular formula is C11H15ClN2. The van der Waals surface area contributed by atoms with Gasteiger partial charge in [-0.1, -0.05) is 44.5 Å². The molecule has 1 rings (SSSR count). The maximum atomic E-state index is 7.28. The van der Waals surface area contributed by atoms with E-state index in [1.165, 1.54) is 0 Å². The molecule has 14 heavy (non-hydrogen) atoms. The molecule has 0 aliphatic rings. The lowest BCUT2D eigenvalue weighted by atomic mass is 9.86. The van der Waals surface area contributed by atoms with Crippen molar-refractivity contribution in [3.05, 3.63) is 34.3 Å². The average Bonchev–Trinajstić information content (AvgIpc) is 2.01. The Morgan fingerprint density at radius 2 is 1.93 bits per heavy atom. The molecule has 0 heterocycles. The molecule has 0 unspecified atom stereocenters. The van der Waals surface area contributed by atoms with E-state index in [-0.39, 0.29) is 11.3 Å². The summed E-state index contributed by atoms with van der Waals surface area (Å²) in [6, 6.07) is 5.50. The minimum atomic E-state index is 0.0202. The van der Waals surface area contributed by atoms with E-state index in [4.69, 9.17) is 22.7 Å². The van der Waals surface area contributed by atoms with Crippen molar-refractivity contribution in [2.45, 2.75) is 26.2 Å². The fourth-order valence-corrected chi connectivity index (χ4v) is 1.75. The van der Waals surface area contributed by atoms with Gasteiger partial charge in [-0.3, -0.25) is 5.41 Å². The zero-order valence-corrected chi connectivity index (χ0v) is 9.44. The number of hydrogen-bond donors (Lipinski definition) is 2. The van der Waals surface area contributed by atoms with Crippen LogP contribution in [0.15, 0.2) is 18.2 Å². The molecule has 0 saturated heterocycles. The van der Waals surface area contributed by atoms with Gasteiger partial charge in [0.1, 0.15) is 5.84 Å². The summed E-state index contributed by atoms with van der Waals surface area (Å²) in [5, 5.41) is 7.95. The summed E-state index contributed by atoms with van der Waals surface area (Å²) < 4.78 is 0. The average molecular weight is 211 g/mol. The Morgan fingerprint density at radius 3 is 2.29 bits per heavy atom. The zero-order valence-electron chi connectivity index (χ0n) is 8.69. The van der Waals surface area contributed by atoms with Crippen LogP contribution in [0.1, 0.15) is 31.9 Å². The van der Waals surface area contributed by atoms with Crippen LogP contribution in [-0.4, -0.2) is 5.84 Å². The van der Waals surface area contributed by atoms with Crippen LogP contribution in [0.2, 0.25) is 5.02 Å². The molecule has 0 aromatic heterocycles. The number of amidine groups is 1. The first-order chi connectivity index (χ1) is 6.32. The highest BCUT2D eigenvalue weighted by atomic mass is 35.5. The maximum absolute atomic E-state index is 7.28. The Bertz CT molecular complexity index is 364. The third-order valence-electron chi connectivity index (χ3n) is 2.09. The summed E-state index contributed by atoms with van der Waals surface area (Å²) in [4.78, 5) is 0. The van der Waals surface area contributed by atoms with Crippen molar-refractivity contribution in [3.63, 3.8) is 0 Å². The third kappa shape index (κ3) is 2.26. The number of nitrogen functional groups attached to an aromatic ring is 1. The predicted molar refractivity (Wildman–Crippen MR) is 61.2 cm³/mol. The number of rotatable bonds is 1. The van der Waals surface area contributed by atoms with Gasteiger partial charge >= 0.3 is 0 Å². The molecule has 0 aliphatic heterocycles. The molecule has 0 saturated carbocycles. The van der Waals surface area contributed by atoms with E-state index in [1.807, 2.05) is 12.1 Å². The number of nitrogens with two attached hydrogens (primary N) is 1. The summed E-state index contributed by atoms with van der Waals surface area (Å²) >= 11 is 6.11. The SMILES string of the molecule is CC(C)(C)c1ccc(C(=N)N)cc1Cl. The molecule has 2 nitrogen and oxygen atoms in total.